The molecule has 1 amide bonds. The Labute approximate surface area is 209 Å². The molecule has 176 valence electrons. The van der Waals surface area contributed by atoms with Crippen LogP contribution < -0.4 is 10.2 Å². The van der Waals surface area contributed by atoms with Gasteiger partial charge in [0.1, 0.15) is 6.61 Å². The molecule has 3 aromatic rings. The van der Waals surface area contributed by atoms with Crippen molar-refractivity contribution in [1.82, 2.24) is 5.32 Å². The van der Waals surface area contributed by atoms with Crippen LogP contribution in [0.15, 0.2) is 60.7 Å². The molecule has 7 heteroatoms. The van der Waals surface area contributed by atoms with Crippen LogP contribution >= 0.6 is 23.2 Å². The van der Waals surface area contributed by atoms with E-state index in [9.17, 15) is 4.79 Å². The lowest BCUT2D eigenvalue weighted by Gasteiger charge is -2.24. The van der Waals surface area contributed by atoms with Gasteiger partial charge in [-0.05, 0) is 59.7 Å². The minimum absolute atomic E-state index is 0.0396. The number of nitrogens with one attached hydrogen (secondary N) is 1. The SMILES string of the molecule is COOCc1ccc(C2(NC(=O)c3cccc4c3N(Cc3ccc(Cl)c(Cl)c3)CC4)CC2)cc1. The molecule has 0 aromatic heterocycles. The van der Waals surface area contributed by atoms with Crippen molar-refractivity contribution >= 4 is 34.8 Å². The van der Waals surface area contributed by atoms with E-state index in [-0.39, 0.29) is 11.4 Å². The molecule has 1 saturated carbocycles. The van der Waals surface area contributed by atoms with Gasteiger partial charge < -0.3 is 10.2 Å². The van der Waals surface area contributed by atoms with Gasteiger partial charge >= 0.3 is 0 Å². The van der Waals surface area contributed by atoms with Gasteiger partial charge in [0.15, 0.2) is 0 Å². The van der Waals surface area contributed by atoms with Gasteiger partial charge in [-0.2, -0.15) is 0 Å². The Morgan fingerprint density at radius 1 is 1.03 bits per heavy atom. The van der Waals surface area contributed by atoms with Crippen LogP contribution in [0.1, 0.15) is 45.5 Å². The molecule has 1 fully saturated rings. The Morgan fingerprint density at radius 2 is 1.79 bits per heavy atom. The van der Waals surface area contributed by atoms with Crippen LogP contribution in [0.5, 0.6) is 0 Å². The molecule has 1 heterocycles. The van der Waals surface area contributed by atoms with Crippen molar-refractivity contribution < 1.29 is 14.6 Å². The van der Waals surface area contributed by atoms with E-state index in [1.165, 1.54) is 12.7 Å². The number of halogens is 2. The summed E-state index contributed by atoms with van der Waals surface area (Å²) in [5.74, 6) is -0.0396. The number of carbonyl (C=O) groups excluding carboxylic acids is 1. The second kappa shape index (κ2) is 9.59. The highest BCUT2D eigenvalue weighted by Crippen LogP contribution is 2.46. The van der Waals surface area contributed by atoms with Gasteiger partial charge in [0, 0.05) is 13.1 Å². The average Bonchev–Trinajstić information content (AvgIpc) is 3.52. The largest absolute Gasteiger partial charge is 0.366 e. The van der Waals surface area contributed by atoms with Gasteiger partial charge in [0.05, 0.1) is 33.9 Å². The summed E-state index contributed by atoms with van der Waals surface area (Å²) in [5, 5.41) is 4.42. The maximum Gasteiger partial charge on any atom is 0.254 e. The van der Waals surface area contributed by atoms with Gasteiger partial charge in [-0.25, -0.2) is 9.78 Å². The third kappa shape index (κ3) is 4.66. The fourth-order valence-corrected chi connectivity index (χ4v) is 5.00. The number of nitrogens with zero attached hydrogens (tertiary/aromatic N) is 1. The normalized spacial score (nSPS) is 15.8. The Morgan fingerprint density at radius 3 is 2.50 bits per heavy atom. The predicted molar refractivity (Wildman–Crippen MR) is 134 cm³/mol. The first kappa shape index (κ1) is 23.2. The molecule has 2 aliphatic rings. The molecule has 0 unspecified atom stereocenters. The van der Waals surface area contributed by atoms with Crippen LogP contribution in [0.4, 0.5) is 5.69 Å². The van der Waals surface area contributed by atoms with Crippen molar-refractivity contribution in [2.24, 2.45) is 0 Å². The number of para-hydroxylation sites is 1. The second-order valence-corrected chi connectivity index (χ2v) is 9.71. The summed E-state index contributed by atoms with van der Waals surface area (Å²) in [6.45, 7) is 1.92. The summed E-state index contributed by atoms with van der Waals surface area (Å²) in [4.78, 5) is 25.5. The fraction of sp³-hybridized carbons (Fsp3) is 0.296. The first-order valence-electron chi connectivity index (χ1n) is 11.4. The maximum atomic E-state index is 13.5. The first-order valence-corrected chi connectivity index (χ1v) is 12.1. The molecule has 0 spiro atoms. The van der Waals surface area contributed by atoms with E-state index in [0.717, 1.165) is 48.2 Å². The van der Waals surface area contributed by atoms with E-state index in [0.29, 0.717) is 28.8 Å². The number of hydrogen-bond donors (Lipinski definition) is 1. The van der Waals surface area contributed by atoms with E-state index >= 15 is 0 Å². The summed E-state index contributed by atoms with van der Waals surface area (Å²) >= 11 is 12.3. The van der Waals surface area contributed by atoms with E-state index in [1.807, 2.05) is 42.5 Å². The molecule has 1 aliphatic heterocycles. The molecule has 0 atom stereocenters. The monoisotopic (exact) mass is 496 g/mol. The number of rotatable bonds is 8. The molecule has 3 aromatic carbocycles. The Balaban J connectivity index is 1.35. The molecular weight excluding hydrogens is 471 g/mol. The molecule has 1 N–H and O–H groups in total. The lowest BCUT2D eigenvalue weighted by molar-refractivity contribution is -0.282. The quantitative estimate of drug-likeness (QED) is 0.304. The lowest BCUT2D eigenvalue weighted by Crippen LogP contribution is -2.35. The molecule has 5 nitrogen and oxygen atoms in total. The molecule has 0 bridgehead atoms. The van der Waals surface area contributed by atoms with Crippen molar-refractivity contribution in [3.05, 3.63) is 98.5 Å². The third-order valence-corrected chi connectivity index (χ3v) is 7.38. The summed E-state index contributed by atoms with van der Waals surface area (Å²) in [6, 6.07) is 19.8. The van der Waals surface area contributed by atoms with Crippen LogP contribution in [-0.4, -0.2) is 19.6 Å². The van der Waals surface area contributed by atoms with Gasteiger partial charge in [-0.3, -0.25) is 4.79 Å². The Hall–Kier alpha value is -2.57. The third-order valence-electron chi connectivity index (χ3n) is 6.64. The van der Waals surface area contributed by atoms with Crippen LogP contribution in [0.3, 0.4) is 0 Å². The zero-order valence-electron chi connectivity index (χ0n) is 18.9. The molecule has 34 heavy (non-hydrogen) atoms. The number of carbonyl (C=O) groups is 1. The Bertz CT molecular complexity index is 1210. The number of anilines is 1. The summed E-state index contributed by atoms with van der Waals surface area (Å²) in [5.41, 5.74) is 5.80. The van der Waals surface area contributed by atoms with Crippen molar-refractivity contribution in [3.63, 3.8) is 0 Å². The van der Waals surface area contributed by atoms with Crippen molar-refractivity contribution in [1.29, 1.82) is 0 Å². The van der Waals surface area contributed by atoms with Crippen molar-refractivity contribution in [3.8, 4) is 0 Å². The topological polar surface area (TPSA) is 50.8 Å². The minimum atomic E-state index is -0.312. The van der Waals surface area contributed by atoms with Crippen molar-refractivity contribution in [2.75, 3.05) is 18.6 Å². The lowest BCUT2D eigenvalue weighted by atomic mass is 10.0. The molecule has 0 radical (unpaired) electrons. The molecule has 5 rings (SSSR count). The van der Waals surface area contributed by atoms with Crippen LogP contribution in [0, 0.1) is 0 Å². The van der Waals surface area contributed by atoms with Gasteiger partial charge in [0.25, 0.3) is 5.91 Å². The number of hydrogen-bond acceptors (Lipinski definition) is 4. The zero-order valence-corrected chi connectivity index (χ0v) is 20.5. The molecular formula is C27H26Cl2N2O3. The van der Waals surface area contributed by atoms with E-state index in [2.05, 4.69) is 33.3 Å². The highest BCUT2D eigenvalue weighted by Gasteiger charge is 2.46. The second-order valence-electron chi connectivity index (χ2n) is 8.90. The van der Waals surface area contributed by atoms with Gasteiger partial charge in [-0.1, -0.05) is 65.7 Å². The average molecular weight is 497 g/mol. The summed E-state index contributed by atoms with van der Waals surface area (Å²) in [7, 11) is 1.50. The Kier molecular flexibility index (Phi) is 6.54. The van der Waals surface area contributed by atoms with E-state index in [4.69, 9.17) is 28.1 Å². The maximum absolute atomic E-state index is 13.5. The molecule has 1 aliphatic carbocycles. The van der Waals surface area contributed by atoms with Crippen LogP contribution in [0.25, 0.3) is 0 Å². The smallest absolute Gasteiger partial charge is 0.254 e. The number of fused-ring (bicyclic) bond motifs is 1. The van der Waals surface area contributed by atoms with E-state index in [1.54, 1.807) is 0 Å². The number of benzene rings is 3. The highest BCUT2D eigenvalue weighted by molar-refractivity contribution is 6.42. The fourth-order valence-electron chi connectivity index (χ4n) is 4.68. The summed E-state index contributed by atoms with van der Waals surface area (Å²) < 4.78 is 0. The van der Waals surface area contributed by atoms with Crippen LogP contribution in [0.2, 0.25) is 10.0 Å². The predicted octanol–water partition coefficient (Wildman–Crippen LogP) is 6.05. The minimum Gasteiger partial charge on any atom is -0.366 e. The highest BCUT2D eigenvalue weighted by atomic mass is 35.5. The standard InChI is InChI=1S/C27H26Cl2N2O3/c1-33-34-17-18-5-8-21(9-6-18)27(12-13-27)30-26(32)22-4-2-3-20-11-14-31(25(20)22)16-19-7-10-23(28)24(29)15-19/h2-10,15H,11-14,16-17H2,1H3,(H,30,32). The van der Waals surface area contributed by atoms with Crippen LogP contribution in [-0.2, 0) is 34.9 Å². The van der Waals surface area contributed by atoms with Gasteiger partial charge in [-0.15, -0.1) is 0 Å². The zero-order chi connectivity index (χ0) is 23.7. The van der Waals surface area contributed by atoms with E-state index < -0.39 is 0 Å². The first-order chi connectivity index (χ1) is 16.5. The van der Waals surface area contributed by atoms with Gasteiger partial charge in [0.2, 0.25) is 0 Å². The number of amides is 1. The molecule has 0 saturated heterocycles. The van der Waals surface area contributed by atoms with Crippen molar-refractivity contribution in [2.45, 2.75) is 38.0 Å². The summed E-state index contributed by atoms with van der Waals surface area (Å²) in [6.07, 6.45) is 2.76.